The van der Waals surface area contributed by atoms with Crippen LogP contribution in [0.3, 0.4) is 0 Å². The largest absolute Gasteiger partial charge is 0.368 e. The lowest BCUT2D eigenvalue weighted by Crippen LogP contribution is -2.45. The molecule has 0 amide bonds. The second kappa shape index (κ2) is 9.40. The molecule has 1 atom stereocenters. The van der Waals surface area contributed by atoms with Crippen molar-refractivity contribution < 1.29 is 0 Å². The Morgan fingerprint density at radius 2 is 1.77 bits per heavy atom. The molecule has 1 aromatic rings. The third-order valence-corrected chi connectivity index (χ3v) is 5.80. The minimum absolute atomic E-state index is 0.394. The van der Waals surface area contributed by atoms with Gasteiger partial charge in [0.2, 0.25) is 5.95 Å². The summed E-state index contributed by atoms with van der Waals surface area (Å²) in [6.07, 6.45) is 11.6. The monoisotopic (exact) mass is 360 g/mol. The number of nitrogen functional groups attached to an aromatic ring is 1. The molecule has 1 fully saturated rings. The van der Waals surface area contributed by atoms with Crippen molar-refractivity contribution in [3.05, 3.63) is 5.56 Å². The van der Waals surface area contributed by atoms with Crippen LogP contribution in [-0.4, -0.2) is 54.1 Å². The maximum Gasteiger partial charge on any atom is 0.223 e. The molecule has 1 aromatic heterocycles. The fourth-order valence-electron chi connectivity index (χ4n) is 4.09. The van der Waals surface area contributed by atoms with E-state index in [1.165, 1.54) is 56.9 Å². The third-order valence-electron chi connectivity index (χ3n) is 5.80. The lowest BCUT2D eigenvalue weighted by atomic mass is 9.96. The third kappa shape index (κ3) is 5.00. The Kier molecular flexibility index (Phi) is 6.94. The summed E-state index contributed by atoms with van der Waals surface area (Å²) in [7, 11) is 2.18. The molecule has 3 N–H and O–H groups in total. The molecule has 1 unspecified atom stereocenters. The van der Waals surface area contributed by atoms with Crippen molar-refractivity contribution in [2.45, 2.75) is 70.8 Å². The average Bonchev–Trinajstić information content (AvgIpc) is 2.64. The van der Waals surface area contributed by atoms with E-state index in [1.807, 2.05) is 0 Å². The van der Waals surface area contributed by atoms with Gasteiger partial charge in [0.05, 0.1) is 0 Å². The van der Waals surface area contributed by atoms with Crippen LogP contribution in [0.5, 0.6) is 0 Å². The highest BCUT2D eigenvalue weighted by atomic mass is 15.3. The van der Waals surface area contributed by atoms with Crippen LogP contribution in [0.15, 0.2) is 0 Å². The zero-order valence-corrected chi connectivity index (χ0v) is 16.6. The Hall–Kier alpha value is -1.56. The number of nitrogens with zero attached hydrogens (tertiary/aromatic N) is 4. The minimum Gasteiger partial charge on any atom is -0.368 e. The molecule has 0 saturated carbocycles. The summed E-state index contributed by atoms with van der Waals surface area (Å²) in [5, 5.41) is 3.66. The molecule has 0 spiro atoms. The molecule has 0 radical (unpaired) electrons. The van der Waals surface area contributed by atoms with E-state index in [2.05, 4.69) is 39.1 Å². The number of anilines is 3. The van der Waals surface area contributed by atoms with Crippen molar-refractivity contribution in [1.82, 2.24) is 14.9 Å². The number of hydrogen-bond acceptors (Lipinski definition) is 6. The van der Waals surface area contributed by atoms with Gasteiger partial charge in [0, 0.05) is 37.8 Å². The highest BCUT2D eigenvalue weighted by Crippen LogP contribution is 2.33. The molecular weight excluding hydrogens is 324 g/mol. The Balaban J connectivity index is 1.57. The van der Waals surface area contributed by atoms with Gasteiger partial charge in [0.1, 0.15) is 11.6 Å². The van der Waals surface area contributed by atoms with E-state index in [4.69, 9.17) is 5.73 Å². The number of unbranched alkanes of at least 4 members (excludes halogenated alkanes) is 5. The van der Waals surface area contributed by atoms with Crippen LogP contribution < -0.4 is 16.0 Å². The lowest BCUT2D eigenvalue weighted by molar-refractivity contribution is 0.311. The van der Waals surface area contributed by atoms with Gasteiger partial charge in [-0.1, -0.05) is 45.4 Å². The van der Waals surface area contributed by atoms with Gasteiger partial charge < -0.3 is 20.9 Å². The van der Waals surface area contributed by atoms with E-state index < -0.39 is 0 Å². The SMILES string of the molecule is CCCCCCCCC1CCc2c(nc(N)nc2N2CCN(C)CC2)N1. The van der Waals surface area contributed by atoms with Crippen molar-refractivity contribution in [3.8, 4) is 0 Å². The second-order valence-electron chi connectivity index (χ2n) is 7.96. The maximum absolute atomic E-state index is 6.03. The van der Waals surface area contributed by atoms with Crippen LogP contribution in [0.1, 0.15) is 63.9 Å². The maximum atomic E-state index is 6.03. The van der Waals surface area contributed by atoms with Crippen LogP contribution >= 0.6 is 0 Å². The van der Waals surface area contributed by atoms with Crippen LogP contribution in [0, 0.1) is 0 Å². The number of nitrogens with one attached hydrogen (secondary N) is 1. The Morgan fingerprint density at radius 1 is 1.04 bits per heavy atom. The minimum atomic E-state index is 0.394. The predicted octanol–water partition coefficient (Wildman–Crippen LogP) is 3.29. The first-order chi connectivity index (χ1) is 12.7. The zero-order valence-electron chi connectivity index (χ0n) is 16.6. The zero-order chi connectivity index (χ0) is 18.4. The van der Waals surface area contributed by atoms with Crippen molar-refractivity contribution in [1.29, 1.82) is 0 Å². The molecule has 3 rings (SSSR count). The number of likely N-dealkylation sites (N-methyl/N-ethyl adjacent to an activating group) is 1. The average molecular weight is 361 g/mol. The first-order valence-electron chi connectivity index (χ1n) is 10.5. The Labute approximate surface area is 158 Å². The molecule has 6 heteroatoms. The van der Waals surface area contributed by atoms with Gasteiger partial charge in [-0.3, -0.25) is 0 Å². The van der Waals surface area contributed by atoms with Crippen LogP contribution in [0.4, 0.5) is 17.6 Å². The summed E-state index contributed by atoms with van der Waals surface area (Å²) in [6, 6.07) is 0.531. The molecular formula is C20H36N6. The molecule has 0 bridgehead atoms. The molecule has 2 aliphatic heterocycles. The smallest absolute Gasteiger partial charge is 0.223 e. The summed E-state index contributed by atoms with van der Waals surface area (Å²) in [6.45, 7) is 6.45. The lowest BCUT2D eigenvalue weighted by Gasteiger charge is -2.36. The van der Waals surface area contributed by atoms with E-state index in [0.717, 1.165) is 44.2 Å². The molecule has 1 saturated heterocycles. The van der Waals surface area contributed by atoms with E-state index in [-0.39, 0.29) is 0 Å². The van der Waals surface area contributed by atoms with Gasteiger partial charge in [-0.05, 0) is 26.3 Å². The molecule has 0 aliphatic carbocycles. The van der Waals surface area contributed by atoms with Crippen LogP contribution in [0.2, 0.25) is 0 Å². The highest BCUT2D eigenvalue weighted by molar-refractivity contribution is 5.63. The van der Waals surface area contributed by atoms with Crippen molar-refractivity contribution in [2.24, 2.45) is 0 Å². The number of hydrogen-bond donors (Lipinski definition) is 2. The molecule has 2 aliphatic rings. The first kappa shape index (κ1) is 19.2. The van der Waals surface area contributed by atoms with E-state index in [9.17, 15) is 0 Å². The standard InChI is InChI=1S/C20H36N6/c1-3-4-5-6-7-8-9-16-10-11-17-18(22-16)23-20(21)24-19(17)26-14-12-25(2)13-15-26/h16H,3-15H2,1-2H3,(H3,21,22,23,24). The van der Waals surface area contributed by atoms with Gasteiger partial charge in [-0.15, -0.1) is 0 Å². The second-order valence-corrected chi connectivity index (χ2v) is 7.96. The summed E-state index contributed by atoms with van der Waals surface area (Å²) in [4.78, 5) is 13.9. The van der Waals surface area contributed by atoms with Gasteiger partial charge in [-0.2, -0.15) is 9.97 Å². The van der Waals surface area contributed by atoms with Gasteiger partial charge in [0.25, 0.3) is 0 Å². The van der Waals surface area contributed by atoms with Gasteiger partial charge in [-0.25, -0.2) is 0 Å². The van der Waals surface area contributed by atoms with Gasteiger partial charge >= 0.3 is 0 Å². The Bertz CT molecular complexity index is 568. The molecule has 0 aromatic carbocycles. The van der Waals surface area contributed by atoms with E-state index in [1.54, 1.807) is 0 Å². The van der Waals surface area contributed by atoms with Gasteiger partial charge in [0.15, 0.2) is 0 Å². The quantitative estimate of drug-likeness (QED) is 0.693. The van der Waals surface area contributed by atoms with E-state index >= 15 is 0 Å². The number of piperazine rings is 1. The van der Waals surface area contributed by atoms with E-state index in [0.29, 0.717) is 12.0 Å². The van der Waals surface area contributed by atoms with Crippen molar-refractivity contribution in [3.63, 3.8) is 0 Å². The fraction of sp³-hybridized carbons (Fsp3) is 0.800. The normalized spacial score (nSPS) is 20.7. The molecule has 26 heavy (non-hydrogen) atoms. The summed E-state index contributed by atoms with van der Waals surface area (Å²) >= 11 is 0. The predicted molar refractivity (Wildman–Crippen MR) is 110 cm³/mol. The summed E-state index contributed by atoms with van der Waals surface area (Å²) in [5.41, 5.74) is 7.30. The van der Waals surface area contributed by atoms with Crippen LogP contribution in [-0.2, 0) is 6.42 Å². The highest BCUT2D eigenvalue weighted by Gasteiger charge is 2.26. The molecule has 146 valence electrons. The summed E-state index contributed by atoms with van der Waals surface area (Å²) in [5.74, 6) is 2.44. The summed E-state index contributed by atoms with van der Waals surface area (Å²) < 4.78 is 0. The Morgan fingerprint density at radius 3 is 2.54 bits per heavy atom. The molecule has 3 heterocycles. The first-order valence-corrected chi connectivity index (χ1v) is 10.5. The fourth-order valence-corrected chi connectivity index (χ4v) is 4.09. The number of nitrogens with two attached hydrogens (primary N) is 1. The van der Waals surface area contributed by atoms with Crippen molar-refractivity contribution in [2.75, 3.05) is 49.2 Å². The number of fused-ring (bicyclic) bond motifs is 1. The number of aromatic nitrogens is 2. The molecule has 6 nitrogen and oxygen atoms in total. The van der Waals surface area contributed by atoms with Crippen molar-refractivity contribution >= 4 is 17.6 Å². The number of rotatable bonds is 8. The topological polar surface area (TPSA) is 70.3 Å². The van der Waals surface area contributed by atoms with Crippen LogP contribution in [0.25, 0.3) is 0 Å².